The maximum Gasteiger partial charge on any atom is 0.172 e. The van der Waals surface area contributed by atoms with E-state index in [1.165, 1.54) is 0 Å². The SMILES string of the molecule is Cc1ccc2c3c1C(=O)CCC(C)(O)C3(C)C(=O)C(C(C)C)=C2. The number of hydrogen-bond acceptors (Lipinski definition) is 3. The van der Waals surface area contributed by atoms with Crippen molar-refractivity contribution in [2.24, 2.45) is 5.92 Å². The van der Waals surface area contributed by atoms with Gasteiger partial charge in [0.05, 0.1) is 11.0 Å². The highest BCUT2D eigenvalue weighted by atomic mass is 16.3. The number of rotatable bonds is 1. The lowest BCUT2D eigenvalue weighted by Crippen LogP contribution is -2.55. The first-order chi connectivity index (χ1) is 10.6. The second kappa shape index (κ2) is 4.88. The average Bonchev–Trinajstić information content (AvgIpc) is 2.55. The van der Waals surface area contributed by atoms with Crippen LogP contribution in [0.5, 0.6) is 0 Å². The Morgan fingerprint density at radius 1 is 1.17 bits per heavy atom. The van der Waals surface area contributed by atoms with Gasteiger partial charge in [-0.1, -0.05) is 26.0 Å². The summed E-state index contributed by atoms with van der Waals surface area (Å²) in [6.07, 6.45) is 2.47. The highest BCUT2D eigenvalue weighted by Crippen LogP contribution is 2.50. The Hall–Kier alpha value is -1.74. The molecule has 0 saturated heterocycles. The van der Waals surface area contributed by atoms with Gasteiger partial charge in [0.1, 0.15) is 0 Å². The van der Waals surface area contributed by atoms with Gasteiger partial charge in [-0.15, -0.1) is 0 Å². The van der Waals surface area contributed by atoms with Crippen molar-refractivity contribution in [2.45, 2.75) is 58.5 Å². The Bertz CT molecular complexity index is 752. The Balaban J connectivity index is 2.47. The highest BCUT2D eigenvalue weighted by molar-refractivity contribution is 6.14. The van der Waals surface area contributed by atoms with Crippen LogP contribution in [-0.4, -0.2) is 22.3 Å². The van der Waals surface area contributed by atoms with Crippen LogP contribution in [0.1, 0.15) is 67.6 Å². The van der Waals surface area contributed by atoms with Crippen LogP contribution in [0.2, 0.25) is 0 Å². The molecular formula is C20H24O3. The molecule has 0 fully saturated rings. The number of allylic oxidation sites excluding steroid dienone is 1. The van der Waals surface area contributed by atoms with E-state index in [9.17, 15) is 14.7 Å². The van der Waals surface area contributed by atoms with Crippen LogP contribution in [0.4, 0.5) is 0 Å². The molecule has 2 aliphatic rings. The fraction of sp³-hybridized carbons (Fsp3) is 0.500. The lowest BCUT2D eigenvalue weighted by molar-refractivity contribution is -0.131. The van der Waals surface area contributed by atoms with E-state index in [4.69, 9.17) is 0 Å². The molecule has 0 radical (unpaired) electrons. The zero-order valence-corrected chi connectivity index (χ0v) is 14.5. The third-order valence-corrected chi connectivity index (χ3v) is 5.79. The zero-order valence-electron chi connectivity index (χ0n) is 14.5. The van der Waals surface area contributed by atoms with Gasteiger partial charge in [-0.3, -0.25) is 9.59 Å². The minimum absolute atomic E-state index is 0.0255. The first kappa shape index (κ1) is 16.1. The molecule has 0 spiro atoms. The van der Waals surface area contributed by atoms with Crippen molar-refractivity contribution >= 4 is 17.6 Å². The summed E-state index contributed by atoms with van der Waals surface area (Å²) in [7, 11) is 0. The largest absolute Gasteiger partial charge is 0.389 e. The van der Waals surface area contributed by atoms with Crippen molar-refractivity contribution in [3.05, 3.63) is 40.0 Å². The van der Waals surface area contributed by atoms with Gasteiger partial charge in [0.25, 0.3) is 0 Å². The van der Waals surface area contributed by atoms with Crippen molar-refractivity contribution in [3.8, 4) is 0 Å². The number of Topliss-reactive ketones (excluding diaryl/α,β-unsaturated/α-hetero) is 2. The monoisotopic (exact) mass is 312 g/mol. The molecule has 3 heteroatoms. The Labute approximate surface area is 137 Å². The maximum absolute atomic E-state index is 13.3. The van der Waals surface area contributed by atoms with Crippen LogP contribution in [0.15, 0.2) is 17.7 Å². The van der Waals surface area contributed by atoms with Crippen LogP contribution in [0.3, 0.4) is 0 Å². The van der Waals surface area contributed by atoms with Gasteiger partial charge in [0.15, 0.2) is 11.6 Å². The summed E-state index contributed by atoms with van der Waals surface area (Å²) < 4.78 is 0. The normalized spacial score (nSPS) is 30.1. The molecule has 2 aliphatic carbocycles. The van der Waals surface area contributed by atoms with Gasteiger partial charge in [0, 0.05) is 12.0 Å². The summed E-state index contributed by atoms with van der Waals surface area (Å²) >= 11 is 0. The van der Waals surface area contributed by atoms with Crippen molar-refractivity contribution < 1.29 is 14.7 Å². The molecule has 1 aromatic carbocycles. The molecule has 2 unspecified atom stereocenters. The minimum Gasteiger partial charge on any atom is -0.389 e. The van der Waals surface area contributed by atoms with E-state index in [0.29, 0.717) is 12.0 Å². The van der Waals surface area contributed by atoms with Crippen molar-refractivity contribution in [1.82, 2.24) is 0 Å². The number of aliphatic hydroxyl groups is 1. The van der Waals surface area contributed by atoms with E-state index in [1.807, 2.05) is 45.9 Å². The van der Waals surface area contributed by atoms with Gasteiger partial charge in [-0.25, -0.2) is 0 Å². The number of benzene rings is 1. The number of aryl methyl sites for hydroxylation is 1. The standard InChI is InChI=1S/C20H24O3/c1-11(2)14-10-13-7-6-12(3)16-15(21)8-9-19(4,23)20(5,17(13)16)18(14)22/h6-7,10-11,23H,8-9H2,1-5H3. The Morgan fingerprint density at radius 2 is 1.83 bits per heavy atom. The van der Waals surface area contributed by atoms with Gasteiger partial charge in [-0.2, -0.15) is 0 Å². The van der Waals surface area contributed by atoms with Gasteiger partial charge in [-0.05, 0) is 61.4 Å². The minimum atomic E-state index is -1.25. The second-order valence-electron chi connectivity index (χ2n) is 7.63. The zero-order chi connectivity index (χ0) is 17.2. The molecule has 23 heavy (non-hydrogen) atoms. The van der Waals surface area contributed by atoms with E-state index in [1.54, 1.807) is 6.92 Å². The molecule has 0 saturated carbocycles. The van der Waals surface area contributed by atoms with Gasteiger partial charge >= 0.3 is 0 Å². The van der Waals surface area contributed by atoms with E-state index < -0.39 is 11.0 Å². The molecule has 0 amide bonds. The molecule has 0 aromatic heterocycles. The van der Waals surface area contributed by atoms with Crippen molar-refractivity contribution in [3.63, 3.8) is 0 Å². The third-order valence-electron chi connectivity index (χ3n) is 5.79. The lowest BCUT2D eigenvalue weighted by Gasteiger charge is -2.45. The number of carbonyl (C=O) groups is 2. The van der Waals surface area contributed by atoms with E-state index in [-0.39, 0.29) is 23.9 Å². The average molecular weight is 312 g/mol. The maximum atomic E-state index is 13.3. The Morgan fingerprint density at radius 3 is 2.43 bits per heavy atom. The summed E-state index contributed by atoms with van der Waals surface area (Å²) in [5.41, 5.74) is 1.53. The molecule has 3 rings (SSSR count). The van der Waals surface area contributed by atoms with E-state index >= 15 is 0 Å². The summed E-state index contributed by atoms with van der Waals surface area (Å²) in [4.78, 5) is 26.0. The van der Waals surface area contributed by atoms with E-state index in [0.717, 1.165) is 22.3 Å². The molecule has 2 atom stereocenters. The Kier molecular flexibility index (Phi) is 3.42. The van der Waals surface area contributed by atoms with Crippen LogP contribution in [-0.2, 0) is 10.2 Å². The number of ketones is 2. The summed E-state index contributed by atoms with van der Waals surface area (Å²) in [5, 5.41) is 11.2. The summed E-state index contributed by atoms with van der Waals surface area (Å²) in [6.45, 7) is 9.39. The number of carbonyl (C=O) groups excluding carboxylic acids is 2. The highest BCUT2D eigenvalue weighted by Gasteiger charge is 2.56. The molecule has 122 valence electrons. The number of hydrogen-bond donors (Lipinski definition) is 1. The van der Waals surface area contributed by atoms with E-state index in [2.05, 4.69) is 0 Å². The van der Waals surface area contributed by atoms with Gasteiger partial charge in [0.2, 0.25) is 0 Å². The third kappa shape index (κ3) is 1.99. The summed E-state index contributed by atoms with van der Waals surface area (Å²) in [6, 6.07) is 3.91. The predicted octanol–water partition coefficient (Wildman–Crippen LogP) is 3.60. The molecule has 1 aromatic rings. The first-order valence-corrected chi connectivity index (χ1v) is 8.27. The molecular weight excluding hydrogens is 288 g/mol. The second-order valence-corrected chi connectivity index (χ2v) is 7.63. The summed E-state index contributed by atoms with van der Waals surface area (Å²) in [5.74, 6) is 0.0519. The smallest absolute Gasteiger partial charge is 0.172 e. The quantitative estimate of drug-likeness (QED) is 0.862. The molecule has 0 aliphatic heterocycles. The molecule has 0 heterocycles. The van der Waals surface area contributed by atoms with Crippen LogP contribution < -0.4 is 0 Å². The molecule has 1 N–H and O–H groups in total. The predicted molar refractivity (Wildman–Crippen MR) is 90.5 cm³/mol. The van der Waals surface area contributed by atoms with Crippen molar-refractivity contribution in [2.75, 3.05) is 0 Å². The molecule has 3 nitrogen and oxygen atoms in total. The van der Waals surface area contributed by atoms with Crippen molar-refractivity contribution in [1.29, 1.82) is 0 Å². The molecule has 0 bridgehead atoms. The topological polar surface area (TPSA) is 54.4 Å². The van der Waals surface area contributed by atoms with Crippen LogP contribution >= 0.6 is 0 Å². The first-order valence-electron chi connectivity index (χ1n) is 8.27. The van der Waals surface area contributed by atoms with Crippen LogP contribution in [0.25, 0.3) is 6.08 Å². The fourth-order valence-corrected chi connectivity index (χ4v) is 4.05. The van der Waals surface area contributed by atoms with Gasteiger partial charge < -0.3 is 5.11 Å². The lowest BCUT2D eigenvalue weighted by atomic mass is 9.59. The van der Waals surface area contributed by atoms with Crippen LogP contribution in [0, 0.1) is 12.8 Å². The fourth-order valence-electron chi connectivity index (χ4n) is 4.05.